The first-order valence-electron chi connectivity index (χ1n) is 6.88. The molecule has 0 fully saturated rings. The van der Waals surface area contributed by atoms with Crippen molar-refractivity contribution >= 4 is 59.2 Å². The molecule has 2 aromatic carbocycles. The van der Waals surface area contributed by atoms with E-state index in [1.807, 2.05) is 0 Å². The van der Waals surface area contributed by atoms with Crippen LogP contribution in [0.2, 0.25) is 0 Å². The Balaban J connectivity index is 2.29. The molecule has 110 valence electrons. The molecule has 1 aliphatic heterocycles. The topological polar surface area (TPSA) is 3.24 Å². The van der Waals surface area contributed by atoms with Crippen molar-refractivity contribution in [3.05, 3.63) is 56.5 Å². The number of halogens is 3. The van der Waals surface area contributed by atoms with Crippen LogP contribution in [-0.4, -0.2) is 11.9 Å². The van der Waals surface area contributed by atoms with E-state index in [0.29, 0.717) is 0 Å². The largest absolute Gasteiger partial charge is 0.340 e. The molecule has 0 radical (unpaired) electrons. The third kappa shape index (κ3) is 2.60. The van der Waals surface area contributed by atoms with Crippen LogP contribution >= 0.6 is 47.8 Å². The molecule has 0 bridgehead atoms. The summed E-state index contributed by atoms with van der Waals surface area (Å²) >= 11 is 10.8. The van der Waals surface area contributed by atoms with Crippen LogP contribution in [0.15, 0.2) is 45.3 Å². The minimum Gasteiger partial charge on any atom is -0.340 e. The Morgan fingerprint density at radius 1 is 0.905 bits per heavy atom. The van der Waals surface area contributed by atoms with Crippen molar-refractivity contribution in [3.8, 4) is 0 Å². The monoisotopic (exact) mass is 471 g/mol. The minimum absolute atomic E-state index is 0.0129. The molecule has 0 spiro atoms. The standard InChI is InChI=1S/C17H16Br3N/c1-17(2)13-9-11(19)3-5-15(13)21(8-7-18)16-6-4-12(20)10-14(16)17/h3-6,9-10H,7-8H2,1-2H3. The number of rotatable bonds is 2. The molecule has 0 atom stereocenters. The van der Waals surface area contributed by atoms with Gasteiger partial charge in [0.25, 0.3) is 0 Å². The lowest BCUT2D eigenvalue weighted by Gasteiger charge is -2.42. The minimum atomic E-state index is -0.0129. The number of hydrogen-bond donors (Lipinski definition) is 0. The van der Waals surface area contributed by atoms with E-state index in [9.17, 15) is 0 Å². The van der Waals surface area contributed by atoms with Gasteiger partial charge in [0.05, 0.1) is 0 Å². The molecule has 0 aromatic heterocycles. The van der Waals surface area contributed by atoms with Crippen molar-refractivity contribution in [3.63, 3.8) is 0 Å². The summed E-state index contributed by atoms with van der Waals surface area (Å²) < 4.78 is 2.26. The summed E-state index contributed by atoms with van der Waals surface area (Å²) in [5.74, 6) is 0. The predicted molar refractivity (Wildman–Crippen MR) is 101 cm³/mol. The first kappa shape index (κ1) is 15.6. The molecular formula is C17H16Br3N. The highest BCUT2D eigenvalue weighted by Gasteiger charge is 2.36. The summed E-state index contributed by atoms with van der Waals surface area (Å²) in [5, 5.41) is 0.943. The van der Waals surface area contributed by atoms with E-state index in [1.165, 1.54) is 22.5 Å². The Bertz CT molecular complexity index is 639. The van der Waals surface area contributed by atoms with Gasteiger partial charge in [-0.15, -0.1) is 0 Å². The van der Waals surface area contributed by atoms with E-state index in [4.69, 9.17) is 0 Å². The Labute approximate surface area is 151 Å². The van der Waals surface area contributed by atoms with Gasteiger partial charge in [0.1, 0.15) is 0 Å². The molecule has 0 unspecified atom stereocenters. The highest BCUT2D eigenvalue weighted by molar-refractivity contribution is 9.10. The molecule has 21 heavy (non-hydrogen) atoms. The summed E-state index contributed by atoms with van der Waals surface area (Å²) in [6.07, 6.45) is 0. The van der Waals surface area contributed by atoms with Gasteiger partial charge >= 0.3 is 0 Å². The normalized spacial score (nSPS) is 15.6. The van der Waals surface area contributed by atoms with Crippen LogP contribution < -0.4 is 4.90 Å². The first-order chi connectivity index (χ1) is 9.95. The van der Waals surface area contributed by atoms with Crippen molar-refractivity contribution < 1.29 is 0 Å². The third-order valence-corrected chi connectivity index (χ3v) is 5.49. The molecule has 0 saturated carbocycles. The molecule has 0 N–H and O–H groups in total. The SMILES string of the molecule is CC1(C)c2cc(Br)ccc2N(CCBr)c2ccc(Br)cc21. The van der Waals surface area contributed by atoms with E-state index >= 15 is 0 Å². The Kier molecular flexibility index (Phi) is 4.23. The Morgan fingerprint density at radius 3 is 1.81 bits per heavy atom. The lowest BCUT2D eigenvalue weighted by atomic mass is 9.74. The molecule has 3 rings (SSSR count). The van der Waals surface area contributed by atoms with Gasteiger partial charge in [0.15, 0.2) is 0 Å². The van der Waals surface area contributed by atoms with Crippen molar-refractivity contribution in [2.75, 3.05) is 16.8 Å². The molecular weight excluding hydrogens is 458 g/mol. The number of anilines is 2. The summed E-state index contributed by atoms with van der Waals surface area (Å²) in [7, 11) is 0. The molecule has 0 saturated heterocycles. The van der Waals surface area contributed by atoms with E-state index in [1.54, 1.807) is 0 Å². The van der Waals surface area contributed by atoms with Gasteiger partial charge in [-0.2, -0.15) is 0 Å². The predicted octanol–water partition coefficient (Wildman–Crippen LogP) is 6.38. The van der Waals surface area contributed by atoms with Crippen LogP contribution in [0, 0.1) is 0 Å². The summed E-state index contributed by atoms with van der Waals surface area (Å²) in [6, 6.07) is 13.2. The Hall–Kier alpha value is -0.320. The fraction of sp³-hybridized carbons (Fsp3) is 0.294. The van der Waals surface area contributed by atoms with E-state index < -0.39 is 0 Å². The van der Waals surface area contributed by atoms with Crippen LogP contribution in [0.25, 0.3) is 0 Å². The smallest absolute Gasteiger partial charge is 0.0453 e. The first-order valence-corrected chi connectivity index (χ1v) is 9.59. The molecule has 1 nitrogen and oxygen atoms in total. The average Bonchev–Trinajstić information content (AvgIpc) is 2.44. The molecule has 0 amide bonds. The van der Waals surface area contributed by atoms with Gasteiger partial charge in [0.2, 0.25) is 0 Å². The maximum absolute atomic E-state index is 3.62. The van der Waals surface area contributed by atoms with Crippen molar-refractivity contribution in [1.29, 1.82) is 0 Å². The highest BCUT2D eigenvalue weighted by Crippen LogP contribution is 2.50. The number of fused-ring (bicyclic) bond motifs is 2. The van der Waals surface area contributed by atoms with Crippen LogP contribution in [0.4, 0.5) is 11.4 Å². The molecule has 1 heterocycles. The van der Waals surface area contributed by atoms with Crippen LogP contribution in [0.3, 0.4) is 0 Å². The maximum Gasteiger partial charge on any atom is 0.0453 e. The second kappa shape index (κ2) is 5.71. The van der Waals surface area contributed by atoms with Gasteiger partial charge in [-0.1, -0.05) is 61.6 Å². The zero-order valence-electron chi connectivity index (χ0n) is 12.0. The Morgan fingerprint density at radius 2 is 1.38 bits per heavy atom. The van der Waals surface area contributed by atoms with Crippen LogP contribution in [-0.2, 0) is 5.41 Å². The molecule has 4 heteroatoms. The quantitative estimate of drug-likeness (QED) is 0.457. The van der Waals surface area contributed by atoms with E-state index in [2.05, 4.69) is 103 Å². The summed E-state index contributed by atoms with van der Waals surface area (Å²) in [4.78, 5) is 2.41. The second-order valence-corrected chi connectivity index (χ2v) is 8.41. The van der Waals surface area contributed by atoms with Crippen molar-refractivity contribution in [1.82, 2.24) is 0 Å². The summed E-state index contributed by atoms with van der Waals surface area (Å²) in [6.45, 7) is 5.56. The molecule has 1 aliphatic rings. The zero-order chi connectivity index (χ0) is 15.2. The van der Waals surface area contributed by atoms with Gasteiger partial charge in [-0.3, -0.25) is 0 Å². The zero-order valence-corrected chi connectivity index (χ0v) is 16.7. The lowest BCUT2D eigenvalue weighted by molar-refractivity contribution is 0.625. The van der Waals surface area contributed by atoms with Gasteiger partial charge in [-0.25, -0.2) is 0 Å². The lowest BCUT2D eigenvalue weighted by Crippen LogP contribution is -2.33. The number of hydrogen-bond acceptors (Lipinski definition) is 1. The van der Waals surface area contributed by atoms with Crippen molar-refractivity contribution in [2.45, 2.75) is 19.3 Å². The number of benzene rings is 2. The van der Waals surface area contributed by atoms with Crippen LogP contribution in [0.1, 0.15) is 25.0 Å². The fourth-order valence-corrected chi connectivity index (χ4v) is 4.17. The fourth-order valence-electron chi connectivity index (χ4n) is 3.09. The van der Waals surface area contributed by atoms with Crippen molar-refractivity contribution in [2.24, 2.45) is 0 Å². The van der Waals surface area contributed by atoms with E-state index in [0.717, 1.165) is 20.8 Å². The second-order valence-electron chi connectivity index (χ2n) is 5.79. The number of nitrogens with zero attached hydrogens (tertiary/aromatic N) is 1. The maximum atomic E-state index is 3.62. The van der Waals surface area contributed by atoms with Gasteiger partial charge < -0.3 is 4.90 Å². The van der Waals surface area contributed by atoms with Crippen LogP contribution in [0.5, 0.6) is 0 Å². The third-order valence-electron chi connectivity index (χ3n) is 4.15. The molecule has 0 aliphatic carbocycles. The molecule has 2 aromatic rings. The number of alkyl halides is 1. The highest BCUT2D eigenvalue weighted by atomic mass is 79.9. The van der Waals surface area contributed by atoms with Gasteiger partial charge in [-0.05, 0) is 47.5 Å². The van der Waals surface area contributed by atoms with Gasteiger partial charge in [0, 0.05) is 37.6 Å². The van der Waals surface area contributed by atoms with E-state index in [-0.39, 0.29) is 5.41 Å². The summed E-state index contributed by atoms with van der Waals surface area (Å²) in [5.41, 5.74) is 5.32. The average molecular weight is 474 g/mol.